The fourth-order valence-electron chi connectivity index (χ4n) is 1.96. The van der Waals surface area contributed by atoms with E-state index >= 15 is 0 Å². The van der Waals surface area contributed by atoms with E-state index < -0.39 is 27.8 Å². The van der Waals surface area contributed by atoms with Crippen molar-refractivity contribution in [2.75, 3.05) is 0 Å². The van der Waals surface area contributed by atoms with Crippen LogP contribution in [-0.2, 0) is 22.1 Å². The predicted octanol–water partition coefficient (Wildman–Crippen LogP) is 3.64. The normalized spacial score (nSPS) is 13.9. The molecule has 24 heavy (non-hydrogen) atoms. The maximum atomic E-state index is 12.7. The number of aromatic nitrogens is 2. The van der Waals surface area contributed by atoms with Crippen molar-refractivity contribution >= 4 is 33.0 Å². The highest BCUT2D eigenvalue weighted by molar-refractivity contribution is 7.89. The third kappa shape index (κ3) is 4.24. The van der Waals surface area contributed by atoms with Crippen LogP contribution in [0.3, 0.4) is 0 Å². The van der Waals surface area contributed by atoms with Crippen LogP contribution in [0, 0.1) is 6.92 Å². The van der Waals surface area contributed by atoms with Gasteiger partial charge in [0.15, 0.2) is 0 Å². The number of aryl methyl sites for hydroxylation is 1. The molecule has 132 valence electrons. The van der Waals surface area contributed by atoms with E-state index in [4.69, 9.17) is 11.6 Å². The summed E-state index contributed by atoms with van der Waals surface area (Å²) in [6, 6.07) is 1.68. The highest BCUT2D eigenvalue weighted by Crippen LogP contribution is 2.32. The van der Waals surface area contributed by atoms with Gasteiger partial charge in [0.05, 0.1) is 16.5 Å². The Morgan fingerprint density at radius 2 is 2.00 bits per heavy atom. The maximum Gasteiger partial charge on any atom is 0.416 e. The largest absolute Gasteiger partial charge is 0.416 e. The molecule has 0 saturated heterocycles. The summed E-state index contributed by atoms with van der Waals surface area (Å²) in [5, 5.41) is 8.78. The summed E-state index contributed by atoms with van der Waals surface area (Å²) in [4.78, 5) is -0.293. The molecule has 1 atom stereocenters. The second kappa shape index (κ2) is 6.95. The Morgan fingerprint density at radius 3 is 2.50 bits per heavy atom. The van der Waals surface area contributed by atoms with Gasteiger partial charge >= 0.3 is 6.18 Å². The molecule has 0 saturated carbocycles. The van der Waals surface area contributed by atoms with Gasteiger partial charge in [0.25, 0.3) is 0 Å². The lowest BCUT2D eigenvalue weighted by atomic mass is 10.1. The van der Waals surface area contributed by atoms with Gasteiger partial charge in [0.1, 0.15) is 10.0 Å². The summed E-state index contributed by atoms with van der Waals surface area (Å²) in [6.45, 7) is 3.30. The Hall–Kier alpha value is -1.23. The van der Waals surface area contributed by atoms with Crippen molar-refractivity contribution in [3.8, 4) is 0 Å². The third-order valence-electron chi connectivity index (χ3n) is 3.07. The molecule has 11 heteroatoms. The fraction of sp³-hybridized carbons (Fsp3) is 0.385. The molecule has 0 amide bonds. The second-order valence-electron chi connectivity index (χ2n) is 4.96. The van der Waals surface area contributed by atoms with E-state index in [1.165, 1.54) is 11.3 Å². The molecule has 5 nitrogen and oxygen atoms in total. The van der Waals surface area contributed by atoms with Crippen LogP contribution in [0.4, 0.5) is 13.2 Å². The molecule has 1 aromatic heterocycles. The minimum atomic E-state index is -4.58. The van der Waals surface area contributed by atoms with Crippen LogP contribution in [-0.4, -0.2) is 18.6 Å². The van der Waals surface area contributed by atoms with Gasteiger partial charge in [-0.15, -0.1) is 33.1 Å². The number of nitrogens with zero attached hydrogens (tertiary/aromatic N) is 2. The zero-order valence-electron chi connectivity index (χ0n) is 12.6. The molecule has 2 rings (SSSR count). The molecule has 0 fully saturated rings. The molecular weight excluding hydrogens is 387 g/mol. The summed E-state index contributed by atoms with van der Waals surface area (Å²) in [6.07, 6.45) is -4.58. The smallest absolute Gasteiger partial charge is 0.207 e. The Kier molecular flexibility index (Phi) is 5.53. The monoisotopic (exact) mass is 399 g/mol. The average molecular weight is 400 g/mol. The number of alkyl halides is 4. The fourth-order valence-corrected chi connectivity index (χ4v) is 4.46. The molecule has 1 heterocycles. The lowest BCUT2D eigenvalue weighted by Crippen LogP contribution is -2.28. The number of rotatable bonds is 5. The molecule has 0 aliphatic carbocycles. The Balaban J connectivity index is 2.35. The molecule has 1 unspecified atom stereocenters. The van der Waals surface area contributed by atoms with E-state index in [0.717, 1.165) is 12.1 Å². The van der Waals surface area contributed by atoms with Crippen molar-refractivity contribution < 1.29 is 21.6 Å². The summed E-state index contributed by atoms with van der Waals surface area (Å²) in [5.74, 6) is -0.369. The molecule has 0 radical (unpaired) electrons. The van der Waals surface area contributed by atoms with Gasteiger partial charge in [0, 0.05) is 5.88 Å². The van der Waals surface area contributed by atoms with Crippen molar-refractivity contribution in [1.82, 2.24) is 14.9 Å². The van der Waals surface area contributed by atoms with Crippen molar-refractivity contribution in [1.29, 1.82) is 0 Å². The quantitative estimate of drug-likeness (QED) is 0.779. The van der Waals surface area contributed by atoms with E-state index in [0.29, 0.717) is 16.1 Å². The summed E-state index contributed by atoms with van der Waals surface area (Å²) >= 11 is 6.86. The Bertz CT molecular complexity index is 837. The number of hydrogen-bond donors (Lipinski definition) is 1. The molecule has 1 N–H and O–H groups in total. The van der Waals surface area contributed by atoms with Gasteiger partial charge < -0.3 is 0 Å². The minimum absolute atomic E-state index is 0.125. The maximum absolute atomic E-state index is 12.7. The predicted molar refractivity (Wildman–Crippen MR) is 84.4 cm³/mol. The first kappa shape index (κ1) is 19.1. The third-order valence-corrected chi connectivity index (χ3v) is 6.02. The molecule has 0 bridgehead atoms. The van der Waals surface area contributed by atoms with Gasteiger partial charge in [-0.3, -0.25) is 0 Å². The van der Waals surface area contributed by atoms with Crippen LogP contribution in [0.1, 0.15) is 34.1 Å². The van der Waals surface area contributed by atoms with Crippen molar-refractivity contribution in [3.05, 3.63) is 39.3 Å². The van der Waals surface area contributed by atoms with Crippen molar-refractivity contribution in [2.24, 2.45) is 0 Å². The SMILES string of the molecule is Cc1nnc(C(C)NS(=O)(=O)c2ccc(C(F)(F)F)cc2CCl)s1. The van der Waals surface area contributed by atoms with Crippen LogP contribution >= 0.6 is 22.9 Å². The van der Waals surface area contributed by atoms with Crippen LogP contribution in [0.2, 0.25) is 0 Å². The van der Waals surface area contributed by atoms with E-state index in [-0.39, 0.29) is 16.3 Å². The summed E-state index contributed by atoms with van der Waals surface area (Å²) in [7, 11) is -4.07. The number of benzene rings is 1. The van der Waals surface area contributed by atoms with Crippen LogP contribution in [0.15, 0.2) is 23.1 Å². The van der Waals surface area contributed by atoms with E-state index in [9.17, 15) is 21.6 Å². The van der Waals surface area contributed by atoms with E-state index in [1.54, 1.807) is 13.8 Å². The highest BCUT2D eigenvalue weighted by Gasteiger charge is 2.32. The number of hydrogen-bond acceptors (Lipinski definition) is 5. The highest BCUT2D eigenvalue weighted by atomic mass is 35.5. The van der Waals surface area contributed by atoms with Gasteiger partial charge in [-0.1, -0.05) is 0 Å². The molecule has 2 aromatic rings. The lowest BCUT2D eigenvalue weighted by molar-refractivity contribution is -0.137. The number of halogens is 4. The van der Waals surface area contributed by atoms with Crippen LogP contribution in [0.5, 0.6) is 0 Å². The second-order valence-corrected chi connectivity index (χ2v) is 8.12. The molecule has 0 spiro atoms. The number of sulfonamides is 1. The molecular formula is C13H13ClF3N3O2S2. The zero-order chi connectivity index (χ0) is 18.1. The first-order valence-electron chi connectivity index (χ1n) is 6.63. The first-order chi connectivity index (χ1) is 11.0. The standard InChI is InChI=1S/C13H13ClF3N3O2S2/c1-7(12-19-18-8(2)23-12)20-24(21,22)11-4-3-10(13(15,16)17)5-9(11)6-14/h3-5,7,20H,6H2,1-2H3. The first-order valence-corrected chi connectivity index (χ1v) is 9.46. The summed E-state index contributed by atoms with van der Waals surface area (Å²) < 4.78 is 65.5. The molecule has 1 aromatic carbocycles. The van der Waals surface area contributed by atoms with Gasteiger partial charge in [-0.25, -0.2) is 13.1 Å². The van der Waals surface area contributed by atoms with Gasteiger partial charge in [-0.05, 0) is 37.6 Å². The Labute approximate surface area is 145 Å². The lowest BCUT2D eigenvalue weighted by Gasteiger charge is -2.15. The van der Waals surface area contributed by atoms with Gasteiger partial charge in [0.2, 0.25) is 10.0 Å². The van der Waals surface area contributed by atoms with Gasteiger partial charge in [-0.2, -0.15) is 13.2 Å². The van der Waals surface area contributed by atoms with Crippen LogP contribution < -0.4 is 4.72 Å². The Morgan fingerprint density at radius 1 is 1.33 bits per heavy atom. The van der Waals surface area contributed by atoms with E-state index in [1.807, 2.05) is 0 Å². The summed E-state index contributed by atoms with van der Waals surface area (Å²) in [5.41, 5.74) is -1.08. The number of nitrogens with one attached hydrogen (secondary N) is 1. The van der Waals surface area contributed by atoms with Crippen molar-refractivity contribution in [3.63, 3.8) is 0 Å². The topological polar surface area (TPSA) is 72.0 Å². The van der Waals surface area contributed by atoms with Crippen LogP contribution in [0.25, 0.3) is 0 Å². The molecule has 0 aliphatic heterocycles. The molecule has 0 aliphatic rings. The minimum Gasteiger partial charge on any atom is -0.207 e. The average Bonchev–Trinajstić information content (AvgIpc) is 2.92. The zero-order valence-corrected chi connectivity index (χ0v) is 14.9. The van der Waals surface area contributed by atoms with E-state index in [2.05, 4.69) is 14.9 Å². The van der Waals surface area contributed by atoms with Crippen molar-refractivity contribution in [2.45, 2.75) is 36.8 Å².